The molecule has 1 heterocycles. The first-order valence-corrected chi connectivity index (χ1v) is 6.28. The van der Waals surface area contributed by atoms with Crippen molar-refractivity contribution in [3.8, 4) is 11.6 Å². The molecule has 1 aromatic heterocycles. The standard InChI is InChI=1S/C12H10ClF2N3O3/c1-6-7(5-13)12(17(2)16-6)21-11-4-8(14)10(18(19)20)3-9(11)15/h3-4H,5H2,1-2H3. The first-order valence-electron chi connectivity index (χ1n) is 5.74. The number of rotatable bonds is 4. The first kappa shape index (κ1) is 15.2. The number of hydrogen-bond donors (Lipinski definition) is 0. The third-order valence-electron chi connectivity index (χ3n) is 2.83. The maximum atomic E-state index is 13.8. The van der Waals surface area contributed by atoms with Crippen LogP contribution in [0.3, 0.4) is 0 Å². The summed E-state index contributed by atoms with van der Waals surface area (Å²) in [6, 6.07) is 1.09. The molecule has 0 aliphatic heterocycles. The number of halogens is 3. The Morgan fingerprint density at radius 2 is 2.10 bits per heavy atom. The van der Waals surface area contributed by atoms with Crippen LogP contribution >= 0.6 is 11.6 Å². The molecule has 0 saturated carbocycles. The Morgan fingerprint density at radius 3 is 2.67 bits per heavy atom. The van der Waals surface area contributed by atoms with Crippen molar-refractivity contribution in [2.45, 2.75) is 12.8 Å². The summed E-state index contributed by atoms with van der Waals surface area (Å²) in [4.78, 5) is 9.51. The van der Waals surface area contributed by atoms with Crippen LogP contribution in [-0.4, -0.2) is 14.7 Å². The monoisotopic (exact) mass is 317 g/mol. The van der Waals surface area contributed by atoms with Gasteiger partial charge in [0.15, 0.2) is 11.6 Å². The molecule has 0 spiro atoms. The highest BCUT2D eigenvalue weighted by Crippen LogP contribution is 2.32. The molecule has 0 saturated heterocycles. The summed E-state index contributed by atoms with van der Waals surface area (Å²) in [7, 11) is 1.55. The van der Waals surface area contributed by atoms with Crippen LogP contribution in [0.2, 0.25) is 0 Å². The summed E-state index contributed by atoms with van der Waals surface area (Å²) in [5, 5.41) is 14.6. The molecule has 2 rings (SSSR count). The van der Waals surface area contributed by atoms with E-state index in [2.05, 4.69) is 5.10 Å². The minimum atomic E-state index is -1.19. The summed E-state index contributed by atoms with van der Waals surface area (Å²) >= 11 is 5.76. The van der Waals surface area contributed by atoms with Crippen molar-refractivity contribution >= 4 is 17.3 Å². The lowest BCUT2D eigenvalue weighted by atomic mass is 10.2. The van der Waals surface area contributed by atoms with Gasteiger partial charge in [-0.25, -0.2) is 9.07 Å². The summed E-state index contributed by atoms with van der Waals surface area (Å²) < 4.78 is 33.9. The van der Waals surface area contributed by atoms with Crippen molar-refractivity contribution < 1.29 is 18.4 Å². The largest absolute Gasteiger partial charge is 0.436 e. The second kappa shape index (κ2) is 5.65. The Kier molecular flexibility index (Phi) is 4.08. The molecular formula is C12H10ClF2N3O3. The van der Waals surface area contributed by atoms with E-state index in [1.807, 2.05) is 0 Å². The quantitative estimate of drug-likeness (QED) is 0.492. The van der Waals surface area contributed by atoms with Crippen LogP contribution in [0.5, 0.6) is 11.6 Å². The zero-order valence-corrected chi connectivity index (χ0v) is 11.8. The van der Waals surface area contributed by atoms with Crippen LogP contribution in [0.4, 0.5) is 14.5 Å². The molecule has 0 atom stereocenters. The number of benzene rings is 1. The predicted molar refractivity (Wildman–Crippen MR) is 70.6 cm³/mol. The minimum Gasteiger partial charge on any atom is -0.436 e. The van der Waals surface area contributed by atoms with Crippen molar-refractivity contribution in [3.05, 3.63) is 45.1 Å². The molecule has 6 nitrogen and oxygen atoms in total. The number of nitro benzene ring substituents is 1. The van der Waals surface area contributed by atoms with Crippen LogP contribution in [-0.2, 0) is 12.9 Å². The first-order chi connectivity index (χ1) is 9.85. The van der Waals surface area contributed by atoms with E-state index in [1.54, 1.807) is 14.0 Å². The molecule has 0 amide bonds. The average molecular weight is 318 g/mol. The topological polar surface area (TPSA) is 70.2 Å². The maximum Gasteiger partial charge on any atom is 0.307 e. The Labute approximate surface area is 123 Å². The molecule has 0 aliphatic carbocycles. The van der Waals surface area contributed by atoms with Gasteiger partial charge in [0.25, 0.3) is 0 Å². The zero-order valence-electron chi connectivity index (χ0n) is 11.1. The van der Waals surface area contributed by atoms with E-state index in [0.29, 0.717) is 23.4 Å². The summed E-state index contributed by atoms with van der Waals surface area (Å²) in [5.41, 5.74) is 0.154. The van der Waals surface area contributed by atoms with E-state index in [9.17, 15) is 18.9 Å². The van der Waals surface area contributed by atoms with Gasteiger partial charge in [-0.1, -0.05) is 0 Å². The van der Waals surface area contributed by atoms with Gasteiger partial charge in [-0.15, -0.1) is 11.6 Å². The molecule has 2 aromatic rings. The Hall–Kier alpha value is -2.22. The van der Waals surface area contributed by atoms with Gasteiger partial charge in [0.2, 0.25) is 11.7 Å². The molecule has 1 aromatic carbocycles. The molecule has 21 heavy (non-hydrogen) atoms. The number of nitro groups is 1. The molecule has 0 unspecified atom stereocenters. The third kappa shape index (κ3) is 2.80. The highest BCUT2D eigenvalue weighted by atomic mass is 35.5. The van der Waals surface area contributed by atoms with Crippen molar-refractivity contribution in [3.63, 3.8) is 0 Å². The van der Waals surface area contributed by atoms with Crippen molar-refractivity contribution in [2.75, 3.05) is 0 Å². The number of aryl methyl sites for hydroxylation is 2. The second-order valence-corrected chi connectivity index (χ2v) is 4.49. The lowest BCUT2D eigenvalue weighted by molar-refractivity contribution is -0.387. The molecule has 0 N–H and O–H groups in total. The molecule has 0 fully saturated rings. The van der Waals surface area contributed by atoms with Gasteiger partial charge in [0.1, 0.15) is 0 Å². The smallest absolute Gasteiger partial charge is 0.307 e. The SMILES string of the molecule is Cc1nn(C)c(Oc2cc(F)c([N+](=O)[O-])cc2F)c1CCl. The number of hydrogen-bond acceptors (Lipinski definition) is 4. The van der Waals surface area contributed by atoms with Gasteiger partial charge in [-0.2, -0.15) is 9.49 Å². The second-order valence-electron chi connectivity index (χ2n) is 4.22. The van der Waals surface area contributed by atoms with Crippen LogP contribution < -0.4 is 4.74 Å². The molecular weight excluding hydrogens is 308 g/mol. The number of nitrogens with zero attached hydrogens (tertiary/aromatic N) is 3. The summed E-state index contributed by atoms with van der Waals surface area (Å²) in [6.07, 6.45) is 0. The normalized spacial score (nSPS) is 10.7. The molecule has 0 aliphatic rings. The maximum absolute atomic E-state index is 13.8. The van der Waals surface area contributed by atoms with E-state index < -0.39 is 28.0 Å². The molecule has 9 heteroatoms. The third-order valence-corrected chi connectivity index (χ3v) is 3.09. The fourth-order valence-electron chi connectivity index (χ4n) is 1.80. The van der Waals surface area contributed by atoms with Crippen LogP contribution in [0.1, 0.15) is 11.3 Å². The van der Waals surface area contributed by atoms with Crippen molar-refractivity contribution in [1.82, 2.24) is 9.78 Å². The van der Waals surface area contributed by atoms with E-state index in [0.717, 1.165) is 0 Å². The van der Waals surface area contributed by atoms with Crippen LogP contribution in [0.25, 0.3) is 0 Å². The molecule has 112 valence electrons. The average Bonchev–Trinajstić information content (AvgIpc) is 2.67. The Balaban J connectivity index is 2.46. The molecule has 0 radical (unpaired) electrons. The van der Waals surface area contributed by atoms with Gasteiger partial charge < -0.3 is 4.74 Å². The lowest BCUT2D eigenvalue weighted by Gasteiger charge is -2.08. The van der Waals surface area contributed by atoms with Gasteiger partial charge in [-0.3, -0.25) is 10.1 Å². The Morgan fingerprint density at radius 1 is 1.43 bits per heavy atom. The number of aromatic nitrogens is 2. The van der Waals surface area contributed by atoms with E-state index in [-0.39, 0.29) is 11.8 Å². The van der Waals surface area contributed by atoms with Gasteiger partial charge in [0, 0.05) is 13.1 Å². The van der Waals surface area contributed by atoms with Crippen molar-refractivity contribution in [1.29, 1.82) is 0 Å². The number of ether oxygens (including phenoxy) is 1. The van der Waals surface area contributed by atoms with Crippen molar-refractivity contribution in [2.24, 2.45) is 7.05 Å². The Bertz CT molecular complexity index is 718. The number of alkyl halides is 1. The van der Waals surface area contributed by atoms with E-state index in [4.69, 9.17) is 16.3 Å². The van der Waals surface area contributed by atoms with Gasteiger partial charge >= 0.3 is 5.69 Å². The van der Waals surface area contributed by atoms with Gasteiger partial charge in [0.05, 0.1) is 28.1 Å². The zero-order chi connectivity index (χ0) is 15.7. The van der Waals surface area contributed by atoms with Crippen LogP contribution in [0, 0.1) is 28.7 Å². The summed E-state index contributed by atoms with van der Waals surface area (Å²) in [6.45, 7) is 1.69. The molecule has 0 bridgehead atoms. The highest BCUT2D eigenvalue weighted by molar-refractivity contribution is 6.17. The minimum absolute atomic E-state index is 0.0755. The fourth-order valence-corrected chi connectivity index (χ4v) is 2.11. The van der Waals surface area contributed by atoms with Crippen LogP contribution in [0.15, 0.2) is 12.1 Å². The highest BCUT2D eigenvalue weighted by Gasteiger charge is 2.22. The predicted octanol–water partition coefficient (Wildman–Crippen LogP) is 3.45. The fraction of sp³-hybridized carbons (Fsp3) is 0.250. The van der Waals surface area contributed by atoms with Gasteiger partial charge in [-0.05, 0) is 6.92 Å². The lowest BCUT2D eigenvalue weighted by Crippen LogP contribution is -2.00. The van der Waals surface area contributed by atoms with E-state index in [1.165, 1.54) is 4.68 Å². The summed E-state index contributed by atoms with van der Waals surface area (Å²) in [5.74, 6) is -2.50. The van der Waals surface area contributed by atoms with E-state index >= 15 is 0 Å².